The van der Waals surface area contributed by atoms with Crippen molar-refractivity contribution in [3.63, 3.8) is 0 Å². The Morgan fingerprint density at radius 3 is 2.21 bits per heavy atom. The van der Waals surface area contributed by atoms with E-state index in [0.29, 0.717) is 0 Å². The van der Waals surface area contributed by atoms with E-state index in [1.165, 1.54) is 12.8 Å². The van der Waals surface area contributed by atoms with Crippen LogP contribution in [0.25, 0.3) is 0 Å². The Hall–Kier alpha value is -1.49. The first-order valence-corrected chi connectivity index (χ1v) is 6.62. The van der Waals surface area contributed by atoms with Gasteiger partial charge in [-0.2, -0.15) is 0 Å². The van der Waals surface area contributed by atoms with Crippen molar-refractivity contribution in [3.05, 3.63) is 29.8 Å². The molecule has 0 radical (unpaired) electrons. The molecule has 1 heterocycles. The molecule has 1 aliphatic rings. The maximum absolute atomic E-state index is 13.0. The molecule has 0 aromatic heterocycles. The molecule has 0 saturated carbocycles. The normalized spacial score (nSPS) is 16.9. The zero-order chi connectivity index (χ0) is 13.7. The van der Waals surface area contributed by atoms with Gasteiger partial charge in [-0.1, -0.05) is 12.8 Å². The lowest BCUT2D eigenvalue weighted by Crippen LogP contribution is -2.33. The molecule has 3 nitrogen and oxygen atoms in total. The molecular formula is C14H18F2N2O. The Morgan fingerprint density at radius 1 is 1.05 bits per heavy atom. The number of nitrogens with zero attached hydrogens (tertiary/aromatic N) is 1. The van der Waals surface area contributed by atoms with Gasteiger partial charge in [0, 0.05) is 11.8 Å². The van der Waals surface area contributed by atoms with Gasteiger partial charge in [-0.3, -0.25) is 9.69 Å². The van der Waals surface area contributed by atoms with Gasteiger partial charge in [0.1, 0.15) is 11.6 Å². The number of carbonyl (C=O) groups is 1. The minimum absolute atomic E-state index is 0.164. The van der Waals surface area contributed by atoms with Crippen LogP contribution in [0.15, 0.2) is 18.2 Å². The highest BCUT2D eigenvalue weighted by Crippen LogP contribution is 2.13. The van der Waals surface area contributed by atoms with Crippen LogP contribution in [0, 0.1) is 11.6 Å². The molecule has 1 N–H and O–H groups in total. The third-order valence-corrected chi connectivity index (χ3v) is 3.21. The minimum Gasteiger partial charge on any atom is -0.325 e. The maximum atomic E-state index is 13.0. The van der Waals surface area contributed by atoms with Crippen molar-refractivity contribution in [2.75, 3.05) is 25.0 Å². The second-order valence-corrected chi connectivity index (χ2v) is 4.90. The number of rotatable bonds is 3. The minimum atomic E-state index is -0.690. The standard InChI is InChI=1S/C14H18F2N2O/c15-11-7-12(16)9-13(8-11)17-14(19)10-18-5-3-1-2-4-6-18/h7-9H,1-6,10H2,(H,17,19). The third-order valence-electron chi connectivity index (χ3n) is 3.21. The number of carbonyl (C=O) groups excluding carboxylic acids is 1. The number of hydrogen-bond acceptors (Lipinski definition) is 2. The molecule has 0 bridgehead atoms. The van der Waals surface area contributed by atoms with Crippen molar-refractivity contribution >= 4 is 11.6 Å². The van der Waals surface area contributed by atoms with Crippen LogP contribution in [0.5, 0.6) is 0 Å². The predicted molar refractivity (Wildman–Crippen MR) is 69.9 cm³/mol. The van der Waals surface area contributed by atoms with Gasteiger partial charge in [-0.05, 0) is 38.1 Å². The van der Waals surface area contributed by atoms with Crippen molar-refractivity contribution in [1.29, 1.82) is 0 Å². The Kier molecular flexibility index (Phi) is 4.85. The van der Waals surface area contributed by atoms with Crippen molar-refractivity contribution in [2.24, 2.45) is 0 Å². The van der Waals surface area contributed by atoms with Crippen LogP contribution >= 0.6 is 0 Å². The molecule has 1 aromatic carbocycles. The summed E-state index contributed by atoms with van der Waals surface area (Å²) in [4.78, 5) is 13.9. The van der Waals surface area contributed by atoms with Crippen LogP contribution in [-0.2, 0) is 4.79 Å². The summed E-state index contributed by atoms with van der Waals surface area (Å²) in [6.45, 7) is 2.09. The fourth-order valence-corrected chi connectivity index (χ4v) is 2.32. The molecule has 104 valence electrons. The summed E-state index contributed by atoms with van der Waals surface area (Å²) in [5.74, 6) is -1.61. The van der Waals surface area contributed by atoms with Crippen LogP contribution in [0.2, 0.25) is 0 Å². The maximum Gasteiger partial charge on any atom is 0.238 e. The number of likely N-dealkylation sites (tertiary alicyclic amines) is 1. The van der Waals surface area contributed by atoms with E-state index in [9.17, 15) is 13.6 Å². The van der Waals surface area contributed by atoms with E-state index in [-0.39, 0.29) is 18.1 Å². The molecule has 5 heteroatoms. The highest BCUT2D eigenvalue weighted by atomic mass is 19.1. The Labute approximate surface area is 111 Å². The van der Waals surface area contributed by atoms with E-state index in [1.54, 1.807) is 0 Å². The lowest BCUT2D eigenvalue weighted by molar-refractivity contribution is -0.117. The zero-order valence-electron chi connectivity index (χ0n) is 10.8. The third kappa shape index (κ3) is 4.59. The number of anilines is 1. The van der Waals surface area contributed by atoms with Gasteiger partial charge in [0.2, 0.25) is 5.91 Å². The molecule has 2 rings (SSSR count). The van der Waals surface area contributed by atoms with Gasteiger partial charge in [0.05, 0.1) is 6.54 Å². The summed E-state index contributed by atoms with van der Waals surface area (Å²) in [6, 6.07) is 3.01. The number of amides is 1. The fourth-order valence-electron chi connectivity index (χ4n) is 2.32. The van der Waals surface area contributed by atoms with Crippen LogP contribution in [0.3, 0.4) is 0 Å². The van der Waals surface area contributed by atoms with E-state index in [4.69, 9.17) is 0 Å². The van der Waals surface area contributed by atoms with Crippen LogP contribution in [0.4, 0.5) is 14.5 Å². The zero-order valence-corrected chi connectivity index (χ0v) is 10.8. The number of halogens is 2. The second kappa shape index (κ2) is 6.61. The quantitative estimate of drug-likeness (QED) is 0.914. The summed E-state index contributed by atoms with van der Waals surface area (Å²) in [6.07, 6.45) is 4.60. The number of nitrogens with one attached hydrogen (secondary N) is 1. The predicted octanol–water partition coefficient (Wildman–Crippen LogP) is 2.78. The van der Waals surface area contributed by atoms with Crippen molar-refractivity contribution < 1.29 is 13.6 Å². The highest BCUT2D eigenvalue weighted by Gasteiger charge is 2.13. The van der Waals surface area contributed by atoms with E-state index < -0.39 is 11.6 Å². The molecule has 0 atom stereocenters. The average Bonchev–Trinajstić information content (AvgIpc) is 2.55. The van der Waals surface area contributed by atoms with Crippen LogP contribution in [0.1, 0.15) is 25.7 Å². The lowest BCUT2D eigenvalue weighted by atomic mass is 10.2. The molecule has 1 saturated heterocycles. The lowest BCUT2D eigenvalue weighted by Gasteiger charge is -2.18. The summed E-state index contributed by atoms with van der Waals surface area (Å²) in [5.41, 5.74) is 0.164. The largest absolute Gasteiger partial charge is 0.325 e. The summed E-state index contributed by atoms with van der Waals surface area (Å²) in [7, 11) is 0. The van der Waals surface area contributed by atoms with Crippen LogP contribution < -0.4 is 5.32 Å². The Bertz CT molecular complexity index is 423. The van der Waals surface area contributed by atoms with E-state index in [1.807, 2.05) is 0 Å². The molecule has 1 aliphatic heterocycles. The van der Waals surface area contributed by atoms with Gasteiger partial charge in [0.25, 0.3) is 0 Å². The molecule has 1 amide bonds. The molecule has 0 aliphatic carbocycles. The van der Waals surface area contributed by atoms with E-state index in [0.717, 1.165) is 44.1 Å². The van der Waals surface area contributed by atoms with Gasteiger partial charge in [-0.15, -0.1) is 0 Å². The Balaban J connectivity index is 1.89. The average molecular weight is 268 g/mol. The molecular weight excluding hydrogens is 250 g/mol. The van der Waals surface area contributed by atoms with E-state index >= 15 is 0 Å². The molecule has 1 fully saturated rings. The summed E-state index contributed by atoms with van der Waals surface area (Å²) >= 11 is 0. The van der Waals surface area contributed by atoms with Gasteiger partial charge < -0.3 is 5.32 Å². The van der Waals surface area contributed by atoms with Gasteiger partial charge in [-0.25, -0.2) is 8.78 Å². The number of benzene rings is 1. The van der Waals surface area contributed by atoms with Gasteiger partial charge >= 0.3 is 0 Å². The number of hydrogen-bond donors (Lipinski definition) is 1. The SMILES string of the molecule is O=C(CN1CCCCCC1)Nc1cc(F)cc(F)c1. The fraction of sp³-hybridized carbons (Fsp3) is 0.500. The first-order valence-electron chi connectivity index (χ1n) is 6.62. The van der Waals surface area contributed by atoms with Crippen molar-refractivity contribution in [2.45, 2.75) is 25.7 Å². The molecule has 0 unspecified atom stereocenters. The van der Waals surface area contributed by atoms with E-state index in [2.05, 4.69) is 10.2 Å². The molecule has 0 spiro atoms. The molecule has 19 heavy (non-hydrogen) atoms. The van der Waals surface area contributed by atoms with Crippen molar-refractivity contribution in [1.82, 2.24) is 4.90 Å². The van der Waals surface area contributed by atoms with Crippen LogP contribution in [-0.4, -0.2) is 30.4 Å². The second-order valence-electron chi connectivity index (χ2n) is 4.90. The monoisotopic (exact) mass is 268 g/mol. The summed E-state index contributed by atoms with van der Waals surface area (Å²) in [5, 5.41) is 2.53. The van der Waals surface area contributed by atoms with Gasteiger partial charge in [0.15, 0.2) is 0 Å². The van der Waals surface area contributed by atoms with Crippen molar-refractivity contribution in [3.8, 4) is 0 Å². The first kappa shape index (κ1) is 13.9. The smallest absolute Gasteiger partial charge is 0.238 e. The Morgan fingerprint density at radius 2 is 1.63 bits per heavy atom. The molecule has 1 aromatic rings. The topological polar surface area (TPSA) is 32.3 Å². The first-order chi connectivity index (χ1) is 9.13. The summed E-state index contributed by atoms with van der Waals surface area (Å²) < 4.78 is 26.0. The highest BCUT2D eigenvalue weighted by molar-refractivity contribution is 5.92.